The van der Waals surface area contributed by atoms with E-state index in [9.17, 15) is 24.3 Å². The molecular weight excluding hydrogens is 661 g/mol. The summed E-state index contributed by atoms with van der Waals surface area (Å²) in [7, 11) is 0. The van der Waals surface area contributed by atoms with Gasteiger partial charge in [0.25, 0.3) is 0 Å². The van der Waals surface area contributed by atoms with E-state index in [1.165, 1.54) is 6.92 Å². The third kappa shape index (κ3) is 5.40. The second-order valence-corrected chi connectivity index (χ2v) is 7.73. The van der Waals surface area contributed by atoms with Crippen LogP contribution in [-0.4, -0.2) is 34.0 Å². The van der Waals surface area contributed by atoms with Gasteiger partial charge in [-0.05, 0) is 67.8 Å². The van der Waals surface area contributed by atoms with E-state index in [1.807, 2.05) is 45.2 Å². The molecule has 130 valence electrons. The largest absolute Gasteiger partial charge is 0.481 e. The van der Waals surface area contributed by atoms with Crippen LogP contribution in [0.2, 0.25) is 0 Å². The van der Waals surface area contributed by atoms with Gasteiger partial charge in [0, 0.05) is 13.3 Å². The third-order valence-corrected chi connectivity index (χ3v) is 5.90. The van der Waals surface area contributed by atoms with Gasteiger partial charge in [-0.1, -0.05) is 0 Å². The highest BCUT2D eigenvalue weighted by Gasteiger charge is 2.25. The predicted molar refractivity (Wildman–Crippen MR) is 111 cm³/mol. The van der Waals surface area contributed by atoms with Gasteiger partial charge in [0.15, 0.2) is 0 Å². The van der Waals surface area contributed by atoms with E-state index in [-0.39, 0.29) is 35.7 Å². The summed E-state index contributed by atoms with van der Waals surface area (Å²) in [4.78, 5) is 45.4. The Kier molecular flexibility index (Phi) is 8.10. The Bertz CT molecular complexity index is 735. The van der Waals surface area contributed by atoms with Crippen LogP contribution in [0.1, 0.15) is 30.1 Å². The molecule has 11 heteroatoms. The predicted octanol–water partition coefficient (Wildman–Crippen LogP) is 2.96. The summed E-state index contributed by atoms with van der Waals surface area (Å²) in [6.07, 6.45) is -0.584. The van der Waals surface area contributed by atoms with E-state index in [2.05, 4.69) is 10.6 Å². The van der Waals surface area contributed by atoms with Crippen molar-refractivity contribution in [3.05, 3.63) is 16.3 Å². The highest BCUT2D eigenvalue weighted by molar-refractivity contribution is 14.1. The minimum Gasteiger partial charge on any atom is -0.481 e. The van der Waals surface area contributed by atoms with Crippen LogP contribution in [0.3, 0.4) is 0 Å². The summed E-state index contributed by atoms with van der Waals surface area (Å²) in [6.45, 7) is 1.29. The molecule has 0 saturated carbocycles. The maximum absolute atomic E-state index is 11.9. The van der Waals surface area contributed by atoms with Gasteiger partial charge in [0.1, 0.15) is 0 Å². The smallest absolute Gasteiger partial charge is 0.338 e. The standard InChI is InChI=1S/C13H11I3N2O6/c1-4(19)17-11-8(14)7(13(23)24)9(15)12(10(11)16)18-5(20)2-3-6(21)22/h2-3H2,1H3,(H,17,19)(H,18,20)(H,21,22)(H,23,24). The molecular formula is C13H11I3N2O6. The molecule has 0 saturated heterocycles. The van der Waals surface area contributed by atoms with Crippen LogP contribution >= 0.6 is 67.8 Å². The number of hydrogen-bond acceptors (Lipinski definition) is 4. The molecule has 0 spiro atoms. The van der Waals surface area contributed by atoms with Crippen LogP contribution in [0.5, 0.6) is 0 Å². The number of hydrogen-bond donors (Lipinski definition) is 4. The first-order valence-corrected chi connectivity index (χ1v) is 9.52. The highest BCUT2D eigenvalue weighted by Crippen LogP contribution is 2.38. The van der Waals surface area contributed by atoms with Crippen LogP contribution in [0.4, 0.5) is 11.4 Å². The molecule has 8 nitrogen and oxygen atoms in total. The van der Waals surface area contributed by atoms with Gasteiger partial charge in [0.2, 0.25) is 11.8 Å². The van der Waals surface area contributed by atoms with Crippen molar-refractivity contribution in [3.63, 3.8) is 0 Å². The van der Waals surface area contributed by atoms with Crippen molar-refractivity contribution in [2.24, 2.45) is 0 Å². The summed E-state index contributed by atoms with van der Waals surface area (Å²) in [5.41, 5.74) is 0.470. The first-order valence-electron chi connectivity index (χ1n) is 6.29. The quantitative estimate of drug-likeness (QED) is 0.344. The SMILES string of the molecule is CC(=O)Nc1c(I)c(NC(=O)CCC(=O)O)c(I)c(C(=O)O)c1I. The van der Waals surface area contributed by atoms with Crippen LogP contribution in [0.25, 0.3) is 0 Å². The maximum atomic E-state index is 11.9. The number of carboxylic acid groups (broad SMARTS) is 2. The second kappa shape index (κ2) is 9.12. The van der Waals surface area contributed by atoms with E-state index < -0.39 is 17.8 Å². The average molecular weight is 672 g/mol. The number of aromatic carboxylic acids is 1. The number of anilines is 2. The zero-order valence-electron chi connectivity index (χ0n) is 12.1. The first kappa shape index (κ1) is 21.3. The molecule has 0 fully saturated rings. The van der Waals surface area contributed by atoms with Crippen molar-refractivity contribution in [2.45, 2.75) is 19.8 Å². The van der Waals surface area contributed by atoms with Gasteiger partial charge in [-0.15, -0.1) is 0 Å². The number of carbonyl (C=O) groups is 4. The van der Waals surface area contributed by atoms with Crippen molar-refractivity contribution in [2.75, 3.05) is 10.6 Å². The van der Waals surface area contributed by atoms with Crippen molar-refractivity contribution < 1.29 is 29.4 Å². The maximum Gasteiger partial charge on any atom is 0.338 e. The van der Waals surface area contributed by atoms with Crippen molar-refractivity contribution in [3.8, 4) is 0 Å². The van der Waals surface area contributed by atoms with Gasteiger partial charge in [-0.25, -0.2) is 4.79 Å². The fourth-order valence-corrected chi connectivity index (χ4v) is 5.84. The van der Waals surface area contributed by atoms with Crippen LogP contribution in [-0.2, 0) is 14.4 Å². The Morgan fingerprint density at radius 1 is 0.875 bits per heavy atom. The number of carboxylic acids is 2. The molecule has 0 unspecified atom stereocenters. The van der Waals surface area contributed by atoms with E-state index in [0.717, 1.165) is 0 Å². The number of carbonyl (C=O) groups excluding carboxylic acids is 2. The minimum absolute atomic E-state index is 0.0473. The fraction of sp³-hybridized carbons (Fsp3) is 0.231. The fourth-order valence-electron chi connectivity index (χ4n) is 1.67. The average Bonchev–Trinajstić information content (AvgIpc) is 2.45. The van der Waals surface area contributed by atoms with Gasteiger partial charge in [0.05, 0.1) is 34.1 Å². The lowest BCUT2D eigenvalue weighted by molar-refractivity contribution is -0.138. The molecule has 0 heterocycles. The molecule has 0 bridgehead atoms. The summed E-state index contributed by atoms with van der Waals surface area (Å²) in [6, 6.07) is 0. The van der Waals surface area contributed by atoms with Gasteiger partial charge < -0.3 is 20.8 Å². The normalized spacial score (nSPS) is 10.2. The molecule has 0 aliphatic carbocycles. The molecule has 0 radical (unpaired) electrons. The Morgan fingerprint density at radius 3 is 1.79 bits per heavy atom. The molecule has 4 N–H and O–H groups in total. The molecule has 1 rings (SSSR count). The van der Waals surface area contributed by atoms with Crippen molar-refractivity contribution >= 4 is 103 Å². The topological polar surface area (TPSA) is 133 Å². The van der Waals surface area contributed by atoms with Crippen LogP contribution in [0, 0.1) is 10.7 Å². The van der Waals surface area contributed by atoms with Gasteiger partial charge in [-0.2, -0.15) is 0 Å². The molecule has 0 aliphatic rings. The van der Waals surface area contributed by atoms with Gasteiger partial charge >= 0.3 is 11.9 Å². The number of aliphatic carboxylic acids is 1. The van der Waals surface area contributed by atoms with E-state index in [1.54, 1.807) is 22.6 Å². The number of amides is 2. The minimum atomic E-state index is -1.20. The summed E-state index contributed by atoms with van der Waals surface area (Å²) >= 11 is 5.51. The molecule has 1 aromatic carbocycles. The van der Waals surface area contributed by atoms with Crippen LogP contribution < -0.4 is 10.6 Å². The molecule has 0 aliphatic heterocycles. The summed E-state index contributed by atoms with van der Waals surface area (Å²) < 4.78 is 1.10. The Labute approximate surface area is 177 Å². The summed E-state index contributed by atoms with van der Waals surface area (Å²) in [5, 5.41) is 23.1. The number of nitrogens with one attached hydrogen (secondary N) is 2. The van der Waals surface area contributed by atoms with Gasteiger partial charge in [-0.3, -0.25) is 14.4 Å². The lowest BCUT2D eigenvalue weighted by Crippen LogP contribution is -2.19. The summed E-state index contributed by atoms with van der Waals surface area (Å²) in [5.74, 6) is -3.25. The molecule has 24 heavy (non-hydrogen) atoms. The van der Waals surface area contributed by atoms with E-state index in [0.29, 0.717) is 10.7 Å². The molecule has 0 atom stereocenters. The lowest BCUT2D eigenvalue weighted by Gasteiger charge is -2.18. The lowest BCUT2D eigenvalue weighted by atomic mass is 10.1. The highest BCUT2D eigenvalue weighted by atomic mass is 127. The Hall–Kier alpha value is -0.710. The third-order valence-electron chi connectivity index (χ3n) is 2.66. The molecule has 1 aromatic rings. The molecule has 2 amide bonds. The Balaban J connectivity index is 3.39. The number of halogens is 3. The van der Waals surface area contributed by atoms with Crippen LogP contribution in [0.15, 0.2) is 0 Å². The Morgan fingerprint density at radius 2 is 1.38 bits per heavy atom. The number of benzene rings is 1. The van der Waals surface area contributed by atoms with Crippen molar-refractivity contribution in [1.82, 2.24) is 0 Å². The zero-order valence-corrected chi connectivity index (χ0v) is 18.5. The monoisotopic (exact) mass is 672 g/mol. The van der Waals surface area contributed by atoms with E-state index in [4.69, 9.17) is 5.11 Å². The van der Waals surface area contributed by atoms with E-state index >= 15 is 0 Å². The first-order chi connectivity index (χ1) is 11.1. The molecule has 0 aromatic heterocycles. The zero-order chi connectivity index (χ0) is 18.6. The number of rotatable bonds is 6. The second-order valence-electron chi connectivity index (χ2n) is 4.50. The van der Waals surface area contributed by atoms with Crippen molar-refractivity contribution in [1.29, 1.82) is 0 Å².